The van der Waals surface area contributed by atoms with E-state index in [-0.39, 0.29) is 5.84 Å². The van der Waals surface area contributed by atoms with E-state index in [0.29, 0.717) is 5.56 Å². The first-order valence-electron chi connectivity index (χ1n) is 7.09. The number of nitrogens with one attached hydrogen (secondary N) is 2. The van der Waals surface area contributed by atoms with Gasteiger partial charge in [0.15, 0.2) is 0 Å². The van der Waals surface area contributed by atoms with Crippen LogP contribution in [0.3, 0.4) is 0 Å². The van der Waals surface area contributed by atoms with Crippen molar-refractivity contribution >= 4 is 5.84 Å². The fourth-order valence-corrected chi connectivity index (χ4v) is 2.20. The molecule has 0 saturated carbocycles. The van der Waals surface area contributed by atoms with Crippen molar-refractivity contribution in [1.29, 1.82) is 5.53 Å². The van der Waals surface area contributed by atoms with Gasteiger partial charge in [-0.1, -0.05) is 55.5 Å². The van der Waals surface area contributed by atoms with Crippen LogP contribution >= 0.6 is 0 Å². The van der Waals surface area contributed by atoms with Gasteiger partial charge in [0.25, 0.3) is 0 Å². The molecule has 2 N–H and O–H groups in total. The summed E-state index contributed by atoms with van der Waals surface area (Å²) >= 11 is 0. The van der Waals surface area contributed by atoms with Crippen LogP contribution in [0.15, 0.2) is 53.6 Å². The number of nitrogens with zero attached hydrogens (tertiary/aromatic N) is 2. The van der Waals surface area contributed by atoms with Gasteiger partial charge in [0.2, 0.25) is 0 Å². The Kier molecular flexibility index (Phi) is 5.35. The lowest BCUT2D eigenvalue weighted by Gasteiger charge is -2.13. The van der Waals surface area contributed by atoms with Crippen LogP contribution in [0.2, 0.25) is 0 Å². The van der Waals surface area contributed by atoms with Gasteiger partial charge in [-0.15, -0.1) is 0 Å². The minimum Gasteiger partial charge on any atom is -0.463 e. The molecule has 0 spiro atoms. The van der Waals surface area contributed by atoms with Gasteiger partial charge in [-0.3, -0.25) is 0 Å². The Morgan fingerprint density at radius 1 is 1.14 bits per heavy atom. The van der Waals surface area contributed by atoms with Crippen LogP contribution in [-0.2, 0) is 6.54 Å². The van der Waals surface area contributed by atoms with E-state index < -0.39 is 0 Å². The van der Waals surface area contributed by atoms with Crippen molar-refractivity contribution in [3.05, 3.63) is 65.1 Å². The maximum absolute atomic E-state index is 9.72. The van der Waals surface area contributed by atoms with Crippen LogP contribution in [-0.4, -0.2) is 12.4 Å². The van der Waals surface area contributed by atoms with Crippen molar-refractivity contribution in [1.82, 2.24) is 5.32 Å². The molecule has 0 amide bonds. The Morgan fingerprint density at radius 2 is 1.86 bits per heavy atom. The zero-order chi connectivity index (χ0) is 15.1. The molecule has 2 rings (SSSR count). The SMILES string of the molecule is CCCNCc1ccc(-c2ccccc2C(=[N-])N=N)cc1. The van der Waals surface area contributed by atoms with Crippen LogP contribution in [0.25, 0.3) is 16.5 Å². The highest BCUT2D eigenvalue weighted by molar-refractivity contribution is 6.06. The third-order valence-corrected chi connectivity index (χ3v) is 3.29. The lowest BCUT2D eigenvalue weighted by atomic mass is 9.98. The van der Waals surface area contributed by atoms with E-state index >= 15 is 0 Å². The van der Waals surface area contributed by atoms with Gasteiger partial charge >= 0.3 is 0 Å². The molecule has 4 heteroatoms. The van der Waals surface area contributed by atoms with Crippen LogP contribution < -0.4 is 5.32 Å². The fraction of sp³-hybridized carbons (Fsp3) is 0.235. The molecule has 21 heavy (non-hydrogen) atoms. The molecule has 0 heterocycles. The van der Waals surface area contributed by atoms with Gasteiger partial charge in [0.05, 0.1) is 0 Å². The summed E-state index contributed by atoms with van der Waals surface area (Å²) in [6, 6.07) is 15.6. The lowest BCUT2D eigenvalue weighted by Crippen LogP contribution is -2.13. The molecule has 2 aromatic carbocycles. The zero-order valence-corrected chi connectivity index (χ0v) is 12.1. The van der Waals surface area contributed by atoms with Crippen LogP contribution in [0, 0.1) is 5.53 Å². The van der Waals surface area contributed by atoms with E-state index in [9.17, 15) is 5.41 Å². The summed E-state index contributed by atoms with van der Waals surface area (Å²) in [5.41, 5.74) is 10.6. The predicted octanol–water partition coefficient (Wildman–Crippen LogP) is 4.20. The van der Waals surface area contributed by atoms with Crippen molar-refractivity contribution in [2.75, 3.05) is 6.54 Å². The molecule has 2 aromatic rings. The number of benzene rings is 2. The molecule has 0 saturated heterocycles. The van der Waals surface area contributed by atoms with Crippen molar-refractivity contribution in [2.45, 2.75) is 19.9 Å². The first-order chi connectivity index (χ1) is 10.3. The van der Waals surface area contributed by atoms with Crippen molar-refractivity contribution in [3.8, 4) is 11.1 Å². The van der Waals surface area contributed by atoms with E-state index in [1.165, 1.54) is 5.56 Å². The third kappa shape index (κ3) is 3.83. The zero-order valence-electron chi connectivity index (χ0n) is 12.1. The Bertz CT molecular complexity index is 617. The molecule has 0 fully saturated rings. The fourth-order valence-electron chi connectivity index (χ4n) is 2.20. The quantitative estimate of drug-likeness (QED) is 0.354. The predicted molar refractivity (Wildman–Crippen MR) is 86.5 cm³/mol. The summed E-state index contributed by atoms with van der Waals surface area (Å²) in [5.74, 6) is -0.265. The molecule has 108 valence electrons. The smallest absolute Gasteiger partial charge is 0.0205 e. The van der Waals surface area contributed by atoms with E-state index in [1.54, 1.807) is 6.07 Å². The molecular weight excluding hydrogens is 260 g/mol. The van der Waals surface area contributed by atoms with Gasteiger partial charge in [-0.25, -0.2) is 0 Å². The highest BCUT2D eigenvalue weighted by Gasteiger charge is 2.04. The summed E-state index contributed by atoms with van der Waals surface area (Å²) in [6.45, 7) is 4.01. The molecule has 0 bridgehead atoms. The standard InChI is InChI=1S/C17H19N4/c1-2-11-20-12-13-7-9-14(10-8-13)15-5-3-4-6-16(15)17(18)21-19/h3-10,19-20H,2,11-12H2,1H3/q-1. The first kappa shape index (κ1) is 15.1. The van der Waals surface area contributed by atoms with E-state index in [4.69, 9.17) is 5.53 Å². The minimum atomic E-state index is -0.265. The maximum Gasteiger partial charge on any atom is 0.0205 e. The van der Waals surface area contributed by atoms with Crippen LogP contribution in [0.1, 0.15) is 24.5 Å². The Balaban J connectivity index is 2.23. The second-order valence-electron chi connectivity index (χ2n) is 4.85. The molecule has 0 atom stereocenters. The molecule has 0 aliphatic heterocycles. The molecule has 0 radical (unpaired) electrons. The van der Waals surface area contributed by atoms with Crippen LogP contribution in [0.4, 0.5) is 0 Å². The Hall–Kier alpha value is -2.33. The number of rotatable bonds is 6. The third-order valence-electron chi connectivity index (χ3n) is 3.29. The van der Waals surface area contributed by atoms with Crippen LogP contribution in [0.5, 0.6) is 0 Å². The number of amidine groups is 1. The van der Waals surface area contributed by atoms with Gasteiger partial charge in [-0.2, -0.15) is 0 Å². The largest absolute Gasteiger partial charge is 0.463 e. The summed E-state index contributed by atoms with van der Waals surface area (Å²) < 4.78 is 0. The average Bonchev–Trinajstić information content (AvgIpc) is 2.55. The minimum absolute atomic E-state index is 0.265. The topological polar surface area (TPSA) is 70.5 Å². The Labute approximate surface area is 125 Å². The van der Waals surface area contributed by atoms with Gasteiger partial charge in [0, 0.05) is 6.54 Å². The van der Waals surface area contributed by atoms with Gasteiger partial charge in [0.1, 0.15) is 0 Å². The number of hydrogen-bond acceptors (Lipinski definition) is 2. The highest BCUT2D eigenvalue weighted by Crippen LogP contribution is 2.24. The molecule has 0 aromatic heterocycles. The highest BCUT2D eigenvalue weighted by atomic mass is 15.0. The van der Waals surface area contributed by atoms with Gasteiger partial charge in [-0.05, 0) is 41.1 Å². The number of hydrogen-bond donors (Lipinski definition) is 2. The molecule has 0 aliphatic carbocycles. The second kappa shape index (κ2) is 7.45. The van der Waals surface area contributed by atoms with Crippen molar-refractivity contribution in [3.63, 3.8) is 0 Å². The summed E-state index contributed by atoms with van der Waals surface area (Å²) in [7, 11) is 0. The summed E-state index contributed by atoms with van der Waals surface area (Å²) in [6.07, 6.45) is 1.12. The normalized spacial score (nSPS) is 10.3. The summed E-state index contributed by atoms with van der Waals surface area (Å²) in [5, 5.41) is 16.2. The van der Waals surface area contributed by atoms with Crippen molar-refractivity contribution < 1.29 is 0 Å². The average molecular weight is 279 g/mol. The van der Waals surface area contributed by atoms with E-state index in [0.717, 1.165) is 30.6 Å². The second-order valence-corrected chi connectivity index (χ2v) is 4.85. The maximum atomic E-state index is 9.72. The molecule has 0 unspecified atom stereocenters. The first-order valence-corrected chi connectivity index (χ1v) is 7.09. The van der Waals surface area contributed by atoms with Gasteiger partial charge < -0.3 is 21.4 Å². The molecular formula is C17H19N4-. The lowest BCUT2D eigenvalue weighted by molar-refractivity contribution is 0.675. The monoisotopic (exact) mass is 279 g/mol. The van der Waals surface area contributed by atoms with E-state index in [2.05, 4.69) is 29.5 Å². The Morgan fingerprint density at radius 3 is 2.52 bits per heavy atom. The molecule has 0 aliphatic rings. The summed E-state index contributed by atoms with van der Waals surface area (Å²) in [4.78, 5) is 0. The molecule has 4 nitrogen and oxygen atoms in total. The van der Waals surface area contributed by atoms with Crippen molar-refractivity contribution in [2.24, 2.45) is 5.11 Å². The van der Waals surface area contributed by atoms with E-state index in [1.807, 2.05) is 30.3 Å².